The smallest absolute Gasteiger partial charge is 0.258 e. The molecule has 5 rings (SSSR count). The molecule has 3 aromatic rings. The van der Waals surface area contributed by atoms with Gasteiger partial charge in [0, 0.05) is 24.3 Å². The van der Waals surface area contributed by atoms with Crippen molar-refractivity contribution in [3.05, 3.63) is 101 Å². The lowest BCUT2D eigenvalue weighted by atomic mass is 10.0. The molecule has 0 bridgehead atoms. The van der Waals surface area contributed by atoms with Gasteiger partial charge in [0.15, 0.2) is 0 Å². The van der Waals surface area contributed by atoms with Gasteiger partial charge in [-0.05, 0) is 47.7 Å². The molecule has 4 nitrogen and oxygen atoms in total. The highest BCUT2D eigenvalue weighted by Crippen LogP contribution is 2.39. The quantitative estimate of drug-likeness (QED) is 0.584. The van der Waals surface area contributed by atoms with Crippen molar-refractivity contribution < 1.29 is 9.59 Å². The summed E-state index contributed by atoms with van der Waals surface area (Å²) in [5.41, 5.74) is 5.12. The standard InChI is InChI=1S/C26H24N2O2S/c29-24-18-31-26(28(24)17-19-7-2-1-3-8-19)22-14-12-21(13-15-22)25(30)27-16-6-10-20-9-4-5-11-23(20)27/h1-5,7-9,11-15,26H,6,10,16-18H2. The van der Waals surface area contributed by atoms with E-state index in [1.807, 2.05) is 82.6 Å². The molecule has 1 atom stereocenters. The first-order chi connectivity index (χ1) is 15.2. The fraction of sp³-hybridized carbons (Fsp3) is 0.231. The first-order valence-corrected chi connectivity index (χ1v) is 11.7. The van der Waals surface area contributed by atoms with Crippen LogP contribution >= 0.6 is 11.8 Å². The first kappa shape index (κ1) is 19.9. The van der Waals surface area contributed by atoms with Crippen LogP contribution in [-0.2, 0) is 17.8 Å². The van der Waals surface area contributed by atoms with Crippen molar-refractivity contribution in [3.8, 4) is 0 Å². The third-order valence-corrected chi connectivity index (χ3v) is 7.22. The molecule has 0 aliphatic carbocycles. The Balaban J connectivity index is 1.35. The van der Waals surface area contributed by atoms with E-state index < -0.39 is 0 Å². The summed E-state index contributed by atoms with van der Waals surface area (Å²) in [7, 11) is 0. The normalized spacial score (nSPS) is 18.2. The van der Waals surface area contributed by atoms with Gasteiger partial charge in [-0.15, -0.1) is 11.8 Å². The van der Waals surface area contributed by atoms with Crippen LogP contribution in [0, 0.1) is 0 Å². The predicted molar refractivity (Wildman–Crippen MR) is 125 cm³/mol. The van der Waals surface area contributed by atoms with Gasteiger partial charge in [-0.3, -0.25) is 9.59 Å². The maximum atomic E-state index is 13.2. The first-order valence-electron chi connectivity index (χ1n) is 10.7. The zero-order chi connectivity index (χ0) is 21.2. The molecule has 0 radical (unpaired) electrons. The topological polar surface area (TPSA) is 40.6 Å². The number of para-hydroxylation sites is 1. The number of amides is 2. The molecular formula is C26H24N2O2S. The molecule has 1 unspecified atom stereocenters. The van der Waals surface area contributed by atoms with E-state index in [2.05, 4.69) is 6.07 Å². The van der Waals surface area contributed by atoms with Crippen LogP contribution in [0.4, 0.5) is 5.69 Å². The fourth-order valence-corrected chi connectivity index (χ4v) is 5.56. The summed E-state index contributed by atoms with van der Waals surface area (Å²) in [5.74, 6) is 0.682. The number of hydrogen-bond donors (Lipinski definition) is 0. The number of rotatable bonds is 4. The second-order valence-corrected chi connectivity index (χ2v) is 9.05. The van der Waals surface area contributed by atoms with Gasteiger partial charge < -0.3 is 9.80 Å². The number of benzene rings is 3. The number of aryl methyl sites for hydroxylation is 1. The molecule has 0 aromatic heterocycles. The van der Waals surface area contributed by atoms with E-state index in [1.165, 1.54) is 5.56 Å². The Morgan fingerprint density at radius 2 is 1.68 bits per heavy atom. The molecule has 2 aliphatic rings. The van der Waals surface area contributed by atoms with E-state index >= 15 is 0 Å². The van der Waals surface area contributed by atoms with Gasteiger partial charge in [0.05, 0.1) is 5.75 Å². The molecule has 2 aliphatic heterocycles. The third-order valence-electron chi connectivity index (χ3n) is 5.96. The van der Waals surface area contributed by atoms with Crippen molar-refractivity contribution in [1.82, 2.24) is 4.90 Å². The van der Waals surface area contributed by atoms with Crippen LogP contribution in [0.15, 0.2) is 78.9 Å². The largest absolute Gasteiger partial charge is 0.322 e. The predicted octanol–water partition coefficient (Wildman–Crippen LogP) is 5.05. The lowest BCUT2D eigenvalue weighted by Gasteiger charge is -2.29. The molecule has 5 heteroatoms. The molecule has 2 amide bonds. The number of anilines is 1. The molecule has 0 saturated carbocycles. The van der Waals surface area contributed by atoms with Gasteiger partial charge in [0.25, 0.3) is 5.91 Å². The van der Waals surface area contributed by atoms with Gasteiger partial charge >= 0.3 is 0 Å². The van der Waals surface area contributed by atoms with Crippen LogP contribution < -0.4 is 4.90 Å². The van der Waals surface area contributed by atoms with Crippen molar-refractivity contribution in [2.75, 3.05) is 17.2 Å². The number of nitrogens with zero attached hydrogens (tertiary/aromatic N) is 2. The monoisotopic (exact) mass is 428 g/mol. The van der Waals surface area contributed by atoms with Crippen molar-refractivity contribution in [2.24, 2.45) is 0 Å². The van der Waals surface area contributed by atoms with E-state index in [1.54, 1.807) is 11.8 Å². The maximum Gasteiger partial charge on any atom is 0.258 e. The summed E-state index contributed by atoms with van der Waals surface area (Å²) in [5, 5.41) is -0.0208. The number of hydrogen-bond acceptors (Lipinski definition) is 3. The molecule has 0 N–H and O–H groups in total. The molecule has 156 valence electrons. The van der Waals surface area contributed by atoms with Gasteiger partial charge in [-0.25, -0.2) is 0 Å². The Morgan fingerprint density at radius 3 is 2.48 bits per heavy atom. The van der Waals surface area contributed by atoms with Crippen LogP contribution in [0.1, 0.15) is 38.8 Å². The molecule has 3 aromatic carbocycles. The summed E-state index contributed by atoms with van der Waals surface area (Å²) < 4.78 is 0. The van der Waals surface area contributed by atoms with Crippen molar-refractivity contribution in [3.63, 3.8) is 0 Å². The van der Waals surface area contributed by atoms with E-state index in [-0.39, 0.29) is 17.2 Å². The van der Waals surface area contributed by atoms with Crippen molar-refractivity contribution >= 4 is 29.3 Å². The third kappa shape index (κ3) is 3.98. The van der Waals surface area contributed by atoms with Crippen LogP contribution in [0.3, 0.4) is 0 Å². The Hall–Kier alpha value is -3.05. The highest BCUT2D eigenvalue weighted by molar-refractivity contribution is 8.00. The van der Waals surface area contributed by atoms with E-state index in [0.29, 0.717) is 17.9 Å². The highest BCUT2D eigenvalue weighted by atomic mass is 32.2. The van der Waals surface area contributed by atoms with E-state index in [4.69, 9.17) is 0 Å². The highest BCUT2D eigenvalue weighted by Gasteiger charge is 2.33. The number of carbonyl (C=O) groups excluding carboxylic acids is 2. The Morgan fingerprint density at radius 1 is 0.935 bits per heavy atom. The molecule has 1 fully saturated rings. The van der Waals surface area contributed by atoms with Crippen LogP contribution in [0.2, 0.25) is 0 Å². The summed E-state index contributed by atoms with van der Waals surface area (Å²) >= 11 is 1.64. The van der Waals surface area contributed by atoms with Crippen LogP contribution in [0.25, 0.3) is 0 Å². The fourth-order valence-electron chi connectivity index (χ4n) is 4.37. The Kier molecular flexibility index (Phi) is 5.51. The number of carbonyl (C=O) groups is 2. The van der Waals surface area contributed by atoms with Gasteiger partial charge in [0.1, 0.15) is 5.37 Å². The molecule has 2 heterocycles. The lowest BCUT2D eigenvalue weighted by molar-refractivity contribution is -0.128. The average Bonchev–Trinajstić information content (AvgIpc) is 3.19. The average molecular weight is 429 g/mol. The minimum atomic E-state index is -0.0208. The van der Waals surface area contributed by atoms with E-state index in [9.17, 15) is 9.59 Å². The number of fused-ring (bicyclic) bond motifs is 1. The van der Waals surface area contributed by atoms with Crippen molar-refractivity contribution in [2.45, 2.75) is 24.8 Å². The minimum absolute atomic E-state index is 0.0208. The molecule has 1 saturated heterocycles. The minimum Gasteiger partial charge on any atom is -0.322 e. The molecular weight excluding hydrogens is 404 g/mol. The van der Waals surface area contributed by atoms with E-state index in [0.717, 1.165) is 36.2 Å². The summed E-state index contributed by atoms with van der Waals surface area (Å²) in [6.45, 7) is 1.35. The SMILES string of the molecule is O=C(c1ccc(C2SCC(=O)N2Cc2ccccc2)cc1)N1CCCc2ccccc21. The summed E-state index contributed by atoms with van der Waals surface area (Å²) in [4.78, 5) is 29.5. The molecule has 0 spiro atoms. The Labute approximate surface area is 186 Å². The van der Waals surface area contributed by atoms with Gasteiger partial charge in [-0.2, -0.15) is 0 Å². The summed E-state index contributed by atoms with van der Waals surface area (Å²) in [6, 6.07) is 26.0. The Bertz CT molecular complexity index is 1100. The zero-order valence-electron chi connectivity index (χ0n) is 17.2. The lowest BCUT2D eigenvalue weighted by Crippen LogP contribution is -2.35. The molecule has 31 heavy (non-hydrogen) atoms. The maximum absolute atomic E-state index is 13.2. The second-order valence-electron chi connectivity index (χ2n) is 7.98. The van der Waals surface area contributed by atoms with Crippen LogP contribution in [0.5, 0.6) is 0 Å². The number of thioether (sulfide) groups is 1. The summed E-state index contributed by atoms with van der Waals surface area (Å²) in [6.07, 6.45) is 2.00. The van der Waals surface area contributed by atoms with Crippen LogP contribution in [-0.4, -0.2) is 29.0 Å². The van der Waals surface area contributed by atoms with Crippen molar-refractivity contribution in [1.29, 1.82) is 0 Å². The van der Waals surface area contributed by atoms with Gasteiger partial charge in [0.2, 0.25) is 5.91 Å². The van der Waals surface area contributed by atoms with Gasteiger partial charge in [-0.1, -0.05) is 60.7 Å². The zero-order valence-corrected chi connectivity index (χ0v) is 18.1. The second kappa shape index (κ2) is 8.60.